The Balaban J connectivity index is 1.13. The Morgan fingerprint density at radius 1 is 0.327 bits per heavy atom. The molecule has 0 saturated carbocycles. The largest absolute Gasteiger partial charge is 0.456 e. The monoisotopic (exact) mass is 624 g/mol. The lowest BCUT2D eigenvalue weighted by atomic mass is 9.89. The highest BCUT2D eigenvalue weighted by molar-refractivity contribution is 6.20. The number of nitrogens with zero attached hydrogens (tertiary/aromatic N) is 2. The number of benzene rings is 8. The van der Waals surface area contributed by atoms with Crippen LogP contribution in [0.25, 0.3) is 99.3 Å². The minimum atomic E-state index is 0.682. The minimum absolute atomic E-state index is 0.682. The van der Waals surface area contributed by atoms with E-state index in [4.69, 9.17) is 14.4 Å². The minimum Gasteiger partial charge on any atom is -0.456 e. The van der Waals surface area contributed by atoms with Crippen molar-refractivity contribution in [3.05, 3.63) is 170 Å². The zero-order valence-electron chi connectivity index (χ0n) is 26.5. The van der Waals surface area contributed by atoms with Crippen LogP contribution in [-0.4, -0.2) is 9.97 Å². The quantitative estimate of drug-likeness (QED) is 0.144. The molecular formula is C46H28N2O. The second kappa shape index (κ2) is 11.0. The lowest BCUT2D eigenvalue weighted by Crippen LogP contribution is -1.96. The van der Waals surface area contributed by atoms with E-state index >= 15 is 0 Å². The Kier molecular flexibility index (Phi) is 6.18. The molecule has 10 aromatic rings. The zero-order valence-corrected chi connectivity index (χ0v) is 26.5. The van der Waals surface area contributed by atoms with E-state index in [2.05, 4.69) is 133 Å². The molecule has 0 spiro atoms. The van der Waals surface area contributed by atoms with E-state index in [1.807, 2.05) is 36.4 Å². The summed E-state index contributed by atoms with van der Waals surface area (Å²) < 4.78 is 6.24. The predicted octanol–water partition coefficient (Wildman–Crippen LogP) is 12.5. The molecule has 3 nitrogen and oxygen atoms in total. The van der Waals surface area contributed by atoms with E-state index in [-0.39, 0.29) is 0 Å². The molecule has 8 aromatic carbocycles. The molecule has 0 aliphatic carbocycles. The first kappa shape index (κ1) is 27.5. The van der Waals surface area contributed by atoms with E-state index in [9.17, 15) is 0 Å². The highest BCUT2D eigenvalue weighted by atomic mass is 16.3. The van der Waals surface area contributed by atoms with Gasteiger partial charge >= 0.3 is 0 Å². The third-order valence-corrected chi connectivity index (χ3v) is 9.67. The second-order valence-corrected chi connectivity index (χ2v) is 12.6. The molecule has 2 aromatic heterocycles. The molecular weight excluding hydrogens is 597 g/mol. The molecule has 0 saturated heterocycles. The molecule has 0 unspecified atom stereocenters. The summed E-state index contributed by atoms with van der Waals surface area (Å²) in [7, 11) is 0. The van der Waals surface area contributed by atoms with Gasteiger partial charge in [0.15, 0.2) is 5.82 Å². The zero-order chi connectivity index (χ0) is 32.3. The number of fused-ring (bicyclic) bond motifs is 7. The lowest BCUT2D eigenvalue weighted by Gasteiger charge is -2.15. The molecule has 0 atom stereocenters. The van der Waals surface area contributed by atoms with Crippen molar-refractivity contribution in [1.29, 1.82) is 0 Å². The van der Waals surface area contributed by atoms with Gasteiger partial charge in [-0.3, -0.25) is 0 Å². The fraction of sp³-hybridized carbons (Fsp3) is 0. The third kappa shape index (κ3) is 4.59. The molecule has 3 heteroatoms. The summed E-state index contributed by atoms with van der Waals surface area (Å²) in [6.45, 7) is 0. The van der Waals surface area contributed by atoms with Gasteiger partial charge in [-0.1, -0.05) is 140 Å². The van der Waals surface area contributed by atoms with Crippen molar-refractivity contribution in [3.63, 3.8) is 0 Å². The molecule has 0 N–H and O–H groups in total. The molecule has 2 heterocycles. The van der Waals surface area contributed by atoms with Crippen LogP contribution in [0.2, 0.25) is 0 Å². The molecule has 0 aliphatic rings. The van der Waals surface area contributed by atoms with E-state index in [1.165, 1.54) is 37.9 Å². The van der Waals surface area contributed by atoms with Crippen molar-refractivity contribution in [2.24, 2.45) is 0 Å². The Morgan fingerprint density at radius 3 is 1.78 bits per heavy atom. The van der Waals surface area contributed by atoms with Gasteiger partial charge in [0.05, 0.1) is 11.4 Å². The normalized spacial score (nSPS) is 11.7. The maximum atomic E-state index is 6.24. The van der Waals surface area contributed by atoms with Crippen molar-refractivity contribution in [3.8, 4) is 45.0 Å². The summed E-state index contributed by atoms with van der Waals surface area (Å²) in [4.78, 5) is 10.2. The maximum Gasteiger partial charge on any atom is 0.160 e. The number of aromatic nitrogens is 2. The number of para-hydroxylation sites is 1. The molecule has 49 heavy (non-hydrogen) atoms. The average Bonchev–Trinajstić information content (AvgIpc) is 3.55. The lowest BCUT2D eigenvalue weighted by molar-refractivity contribution is 0.669. The van der Waals surface area contributed by atoms with E-state index in [0.29, 0.717) is 5.82 Å². The summed E-state index contributed by atoms with van der Waals surface area (Å²) in [5, 5.41) is 9.71. The van der Waals surface area contributed by atoms with Gasteiger partial charge in [-0.2, -0.15) is 0 Å². The van der Waals surface area contributed by atoms with Crippen LogP contribution in [-0.2, 0) is 0 Å². The van der Waals surface area contributed by atoms with Crippen molar-refractivity contribution in [2.75, 3.05) is 0 Å². The van der Waals surface area contributed by atoms with E-state index < -0.39 is 0 Å². The van der Waals surface area contributed by atoms with Crippen LogP contribution in [0.15, 0.2) is 174 Å². The van der Waals surface area contributed by atoms with Gasteiger partial charge in [-0.15, -0.1) is 0 Å². The Bertz CT molecular complexity index is 2870. The standard InChI is InChI=1S/C46H28N2O/c1-2-11-30(12-3-1)41-28-42(34-23-24-38-37-16-8-9-17-43(37)49-44(38)27-34)48-46(47-41)32-20-18-31(19-21-32)45-36-15-7-5-13-33(36)26-40-35-14-6-4-10-29(35)22-25-39(40)45/h1-28H. The number of rotatable bonds is 4. The van der Waals surface area contributed by atoms with Crippen LogP contribution < -0.4 is 0 Å². The van der Waals surface area contributed by atoms with Gasteiger partial charge in [-0.05, 0) is 73.8 Å². The fourth-order valence-electron chi connectivity index (χ4n) is 7.28. The highest BCUT2D eigenvalue weighted by Crippen LogP contribution is 2.40. The first-order chi connectivity index (χ1) is 24.3. The summed E-state index contributed by atoms with van der Waals surface area (Å²) in [5.74, 6) is 0.682. The summed E-state index contributed by atoms with van der Waals surface area (Å²) in [5.41, 5.74) is 8.85. The predicted molar refractivity (Wildman–Crippen MR) is 204 cm³/mol. The number of hydrogen-bond acceptors (Lipinski definition) is 3. The summed E-state index contributed by atoms with van der Waals surface area (Å²) in [6.07, 6.45) is 0. The van der Waals surface area contributed by atoms with Crippen molar-refractivity contribution in [1.82, 2.24) is 9.97 Å². The van der Waals surface area contributed by atoms with Crippen LogP contribution in [0.3, 0.4) is 0 Å². The van der Waals surface area contributed by atoms with Gasteiger partial charge in [-0.25, -0.2) is 9.97 Å². The van der Waals surface area contributed by atoms with Crippen molar-refractivity contribution in [2.45, 2.75) is 0 Å². The molecule has 10 rings (SSSR count). The molecule has 0 aliphatic heterocycles. The van der Waals surface area contributed by atoms with Gasteiger partial charge in [0.25, 0.3) is 0 Å². The molecule has 228 valence electrons. The van der Waals surface area contributed by atoms with Gasteiger partial charge in [0.1, 0.15) is 11.2 Å². The van der Waals surface area contributed by atoms with Crippen LogP contribution >= 0.6 is 0 Å². The molecule has 0 bridgehead atoms. The van der Waals surface area contributed by atoms with Crippen LogP contribution in [0.4, 0.5) is 0 Å². The van der Waals surface area contributed by atoms with Gasteiger partial charge in [0, 0.05) is 27.5 Å². The molecule has 0 radical (unpaired) electrons. The third-order valence-electron chi connectivity index (χ3n) is 9.67. The Labute approximate surface area is 282 Å². The second-order valence-electron chi connectivity index (χ2n) is 12.6. The van der Waals surface area contributed by atoms with Gasteiger partial charge in [0.2, 0.25) is 0 Å². The Morgan fingerprint density at radius 2 is 0.939 bits per heavy atom. The molecule has 0 fully saturated rings. The first-order valence-electron chi connectivity index (χ1n) is 16.6. The smallest absolute Gasteiger partial charge is 0.160 e. The highest BCUT2D eigenvalue weighted by Gasteiger charge is 2.15. The van der Waals surface area contributed by atoms with Crippen LogP contribution in [0.1, 0.15) is 0 Å². The SMILES string of the molecule is c1ccc(-c2cc(-c3ccc4c(c3)oc3ccccc34)nc(-c3ccc(-c4c5ccccc5cc5c4ccc4ccccc45)cc3)n2)cc1. The summed E-state index contributed by atoms with van der Waals surface area (Å²) >= 11 is 0. The van der Waals surface area contributed by atoms with Crippen LogP contribution in [0.5, 0.6) is 0 Å². The average molecular weight is 625 g/mol. The summed E-state index contributed by atoms with van der Waals surface area (Å²) in [6, 6.07) is 59.8. The van der Waals surface area contributed by atoms with Crippen molar-refractivity contribution >= 4 is 54.3 Å². The topological polar surface area (TPSA) is 38.9 Å². The van der Waals surface area contributed by atoms with E-state index in [1.54, 1.807) is 0 Å². The van der Waals surface area contributed by atoms with E-state index in [0.717, 1.165) is 55.6 Å². The number of hydrogen-bond donors (Lipinski definition) is 0. The number of furan rings is 1. The maximum absolute atomic E-state index is 6.24. The molecule has 0 amide bonds. The van der Waals surface area contributed by atoms with Crippen LogP contribution in [0, 0.1) is 0 Å². The van der Waals surface area contributed by atoms with Gasteiger partial charge < -0.3 is 4.42 Å². The van der Waals surface area contributed by atoms with Crippen molar-refractivity contribution < 1.29 is 4.42 Å². The Hall–Kier alpha value is -6.58. The fourth-order valence-corrected chi connectivity index (χ4v) is 7.28. The first-order valence-corrected chi connectivity index (χ1v) is 16.6.